The summed E-state index contributed by atoms with van der Waals surface area (Å²) in [4.78, 5) is 17.0. The Morgan fingerprint density at radius 3 is 2.74 bits per heavy atom. The van der Waals surface area contributed by atoms with Gasteiger partial charge < -0.3 is 10.6 Å². The van der Waals surface area contributed by atoms with Gasteiger partial charge >= 0.3 is 0 Å². The van der Waals surface area contributed by atoms with Crippen LogP contribution in [-0.2, 0) is 16.8 Å². The number of nitrogens with one attached hydrogen (secondary N) is 2. The van der Waals surface area contributed by atoms with Crippen LogP contribution in [0.25, 0.3) is 0 Å². The van der Waals surface area contributed by atoms with Crippen LogP contribution >= 0.6 is 36.2 Å². The number of rotatable bonds is 5. The smallest absolute Gasteiger partial charge is 0.248 e. The van der Waals surface area contributed by atoms with Crippen molar-refractivity contribution in [2.75, 3.05) is 19.6 Å². The zero-order valence-corrected chi connectivity index (χ0v) is 15.1. The molecule has 1 amide bonds. The summed E-state index contributed by atoms with van der Waals surface area (Å²) in [5, 5.41) is 13.7. The third-order valence-electron chi connectivity index (χ3n) is 3.90. The third-order valence-corrected chi connectivity index (χ3v) is 4.74. The number of hydrogen-bond acceptors (Lipinski definition) is 5. The Kier molecular flexibility index (Phi) is 7.98. The van der Waals surface area contributed by atoms with E-state index in [0.717, 1.165) is 37.4 Å². The Morgan fingerprint density at radius 2 is 2.13 bits per heavy atom. The molecule has 0 spiro atoms. The van der Waals surface area contributed by atoms with Gasteiger partial charge in [0.15, 0.2) is 0 Å². The normalized spacial score (nSPS) is 16.0. The monoisotopic (exact) mass is 377 g/mol. The lowest BCUT2D eigenvalue weighted by Crippen LogP contribution is -2.54. The van der Waals surface area contributed by atoms with Gasteiger partial charge in [-0.3, -0.25) is 9.48 Å². The molecule has 6 nitrogen and oxygen atoms in total. The molecule has 0 atom stereocenters. The molecular formula is C14H21Cl2N5OS. The predicted octanol–water partition coefficient (Wildman–Crippen LogP) is 1.62. The first-order valence-corrected chi connectivity index (χ1v) is 8.07. The van der Waals surface area contributed by atoms with Gasteiger partial charge in [-0.05, 0) is 32.0 Å². The van der Waals surface area contributed by atoms with Crippen molar-refractivity contribution in [3.05, 3.63) is 35.0 Å². The second kappa shape index (κ2) is 9.22. The number of piperidine rings is 1. The maximum atomic E-state index is 12.7. The molecule has 0 saturated carbocycles. The van der Waals surface area contributed by atoms with Crippen molar-refractivity contribution in [2.45, 2.75) is 24.8 Å². The fourth-order valence-corrected chi connectivity index (χ4v) is 3.37. The molecule has 0 unspecified atom stereocenters. The van der Waals surface area contributed by atoms with Crippen molar-refractivity contribution in [3.63, 3.8) is 0 Å². The predicted molar refractivity (Wildman–Crippen MR) is 95.6 cm³/mol. The van der Waals surface area contributed by atoms with Crippen LogP contribution in [0.2, 0.25) is 0 Å². The highest BCUT2D eigenvalue weighted by Crippen LogP contribution is 2.27. The van der Waals surface area contributed by atoms with Crippen molar-refractivity contribution in [3.8, 4) is 0 Å². The van der Waals surface area contributed by atoms with Crippen LogP contribution in [0.5, 0.6) is 0 Å². The molecule has 2 aromatic rings. The molecule has 0 aromatic carbocycles. The number of carbonyl (C=O) groups excluding carboxylic acids is 1. The zero-order chi connectivity index (χ0) is 14.5. The minimum absolute atomic E-state index is 0. The van der Waals surface area contributed by atoms with Gasteiger partial charge in [-0.1, -0.05) is 0 Å². The van der Waals surface area contributed by atoms with Gasteiger partial charge in [0.1, 0.15) is 5.54 Å². The average Bonchev–Trinajstić information content (AvgIpc) is 3.21. The standard InChI is InChI=1S/C14H19N5OS.2ClH/c20-13(17-6-2-12-16-9-11-21-12)14(3-7-15-8-4-14)19-10-1-5-18-19;;/h1,5,9-11,15H,2-4,6-8H2,(H,17,20);2*1H. The van der Waals surface area contributed by atoms with Gasteiger partial charge in [0.25, 0.3) is 0 Å². The quantitative estimate of drug-likeness (QED) is 0.830. The molecule has 9 heteroatoms. The highest BCUT2D eigenvalue weighted by atomic mass is 35.5. The molecule has 0 radical (unpaired) electrons. The number of aromatic nitrogens is 3. The van der Waals surface area contributed by atoms with E-state index in [1.807, 2.05) is 22.3 Å². The summed E-state index contributed by atoms with van der Waals surface area (Å²) in [5.74, 6) is 0.0595. The van der Waals surface area contributed by atoms with Gasteiger partial charge in [-0.15, -0.1) is 36.2 Å². The molecular weight excluding hydrogens is 357 g/mol. The number of halogens is 2. The van der Waals surface area contributed by atoms with Gasteiger partial charge in [0.2, 0.25) is 5.91 Å². The van der Waals surface area contributed by atoms with E-state index in [1.165, 1.54) is 0 Å². The average molecular weight is 378 g/mol. The fourth-order valence-electron chi connectivity index (χ4n) is 2.75. The van der Waals surface area contributed by atoms with Crippen LogP contribution in [0.1, 0.15) is 17.8 Å². The summed E-state index contributed by atoms with van der Waals surface area (Å²) in [7, 11) is 0. The van der Waals surface area contributed by atoms with Crippen LogP contribution in [0.4, 0.5) is 0 Å². The van der Waals surface area contributed by atoms with E-state index in [9.17, 15) is 4.79 Å². The minimum Gasteiger partial charge on any atom is -0.354 e. The van der Waals surface area contributed by atoms with E-state index in [1.54, 1.807) is 23.7 Å². The number of hydrogen-bond donors (Lipinski definition) is 2. The van der Waals surface area contributed by atoms with E-state index in [0.29, 0.717) is 6.54 Å². The third kappa shape index (κ3) is 4.44. The lowest BCUT2D eigenvalue weighted by Gasteiger charge is -2.36. The van der Waals surface area contributed by atoms with Gasteiger partial charge in [0, 0.05) is 36.9 Å². The fraction of sp³-hybridized carbons (Fsp3) is 0.500. The van der Waals surface area contributed by atoms with Crippen molar-refractivity contribution in [2.24, 2.45) is 0 Å². The summed E-state index contributed by atoms with van der Waals surface area (Å²) in [6.45, 7) is 2.28. The lowest BCUT2D eigenvalue weighted by molar-refractivity contribution is -0.131. The van der Waals surface area contributed by atoms with Crippen LogP contribution in [-0.4, -0.2) is 40.3 Å². The topological polar surface area (TPSA) is 71.8 Å². The molecule has 3 rings (SSSR count). The number of thiazole rings is 1. The van der Waals surface area contributed by atoms with Crippen molar-refractivity contribution >= 4 is 42.1 Å². The van der Waals surface area contributed by atoms with E-state index in [4.69, 9.17) is 0 Å². The molecule has 1 aliphatic rings. The molecule has 1 fully saturated rings. The molecule has 2 aromatic heterocycles. The highest BCUT2D eigenvalue weighted by molar-refractivity contribution is 7.09. The molecule has 23 heavy (non-hydrogen) atoms. The summed E-state index contributed by atoms with van der Waals surface area (Å²) < 4.78 is 1.81. The Morgan fingerprint density at radius 1 is 1.35 bits per heavy atom. The van der Waals surface area contributed by atoms with E-state index < -0.39 is 5.54 Å². The van der Waals surface area contributed by atoms with Crippen molar-refractivity contribution in [1.82, 2.24) is 25.4 Å². The second-order valence-corrected chi connectivity index (χ2v) is 6.14. The molecule has 128 valence electrons. The summed E-state index contributed by atoms with van der Waals surface area (Å²) in [6.07, 6.45) is 7.70. The summed E-state index contributed by atoms with van der Waals surface area (Å²) in [5.41, 5.74) is -0.558. The van der Waals surface area contributed by atoms with Gasteiger partial charge in [0.05, 0.1) is 5.01 Å². The SMILES string of the molecule is Cl.Cl.O=C(NCCc1nccs1)C1(n2cccn2)CCNCC1. The first-order chi connectivity index (χ1) is 10.3. The second-order valence-electron chi connectivity index (χ2n) is 5.16. The molecule has 0 bridgehead atoms. The molecule has 2 N–H and O–H groups in total. The van der Waals surface area contributed by atoms with Gasteiger partial charge in [-0.25, -0.2) is 4.98 Å². The Labute approximate surface area is 151 Å². The number of amides is 1. The van der Waals surface area contributed by atoms with Crippen LogP contribution in [0.3, 0.4) is 0 Å². The van der Waals surface area contributed by atoms with Crippen LogP contribution < -0.4 is 10.6 Å². The van der Waals surface area contributed by atoms with Crippen molar-refractivity contribution in [1.29, 1.82) is 0 Å². The highest BCUT2D eigenvalue weighted by Gasteiger charge is 2.41. The maximum absolute atomic E-state index is 12.7. The first-order valence-electron chi connectivity index (χ1n) is 7.19. The Balaban J connectivity index is 0.00000132. The van der Waals surface area contributed by atoms with Crippen LogP contribution in [0.15, 0.2) is 30.0 Å². The zero-order valence-electron chi connectivity index (χ0n) is 12.6. The Bertz CT molecular complexity index is 570. The largest absolute Gasteiger partial charge is 0.354 e. The summed E-state index contributed by atoms with van der Waals surface area (Å²) in [6, 6.07) is 1.87. The van der Waals surface area contributed by atoms with Gasteiger partial charge in [-0.2, -0.15) is 5.10 Å². The lowest BCUT2D eigenvalue weighted by atomic mass is 9.87. The van der Waals surface area contributed by atoms with Crippen molar-refractivity contribution < 1.29 is 4.79 Å². The molecule has 1 saturated heterocycles. The molecule has 0 aliphatic carbocycles. The molecule has 1 aliphatic heterocycles. The van der Waals surface area contributed by atoms with E-state index in [2.05, 4.69) is 20.7 Å². The maximum Gasteiger partial charge on any atom is 0.248 e. The van der Waals surface area contributed by atoms with Crippen LogP contribution in [0, 0.1) is 0 Å². The first kappa shape index (κ1) is 19.9. The molecule has 3 heterocycles. The van der Waals surface area contributed by atoms with E-state index in [-0.39, 0.29) is 30.7 Å². The Hall–Kier alpha value is -1.15. The van der Waals surface area contributed by atoms with E-state index >= 15 is 0 Å². The summed E-state index contributed by atoms with van der Waals surface area (Å²) >= 11 is 1.62. The minimum atomic E-state index is -0.558. The number of nitrogens with zero attached hydrogens (tertiary/aromatic N) is 3. The number of carbonyl (C=O) groups is 1.